The van der Waals surface area contributed by atoms with Gasteiger partial charge in [0.2, 0.25) is 0 Å². The number of ether oxygens (including phenoxy) is 2. The van der Waals surface area contributed by atoms with Crippen molar-refractivity contribution in [3.05, 3.63) is 81.5 Å². The molecule has 2 aromatic carbocycles. The quantitative estimate of drug-likeness (QED) is 0.279. The molecule has 2 atom stereocenters. The van der Waals surface area contributed by atoms with Crippen LogP contribution in [0.2, 0.25) is 0 Å². The van der Waals surface area contributed by atoms with Crippen LogP contribution in [0.3, 0.4) is 0 Å². The van der Waals surface area contributed by atoms with Crippen molar-refractivity contribution in [1.82, 2.24) is 16.0 Å². The monoisotopic (exact) mass is 468 g/mol. The Labute approximate surface area is 197 Å². The Bertz CT molecular complexity index is 1040. The first kappa shape index (κ1) is 24.6. The summed E-state index contributed by atoms with van der Waals surface area (Å²) < 4.78 is 10.2. The fourth-order valence-electron chi connectivity index (χ4n) is 3.70. The van der Waals surface area contributed by atoms with Gasteiger partial charge in [-0.15, -0.1) is 0 Å². The number of hydrogen-bond donors (Lipinski definition) is 3. The van der Waals surface area contributed by atoms with Gasteiger partial charge in [0.1, 0.15) is 17.5 Å². The number of nitro groups is 1. The van der Waals surface area contributed by atoms with Gasteiger partial charge in [-0.3, -0.25) is 14.9 Å². The van der Waals surface area contributed by atoms with Gasteiger partial charge in [0.25, 0.3) is 11.9 Å². The molecule has 2 aromatic rings. The highest BCUT2D eigenvalue weighted by Gasteiger charge is 2.42. The average Bonchev–Trinajstić information content (AvgIpc) is 2.85. The van der Waals surface area contributed by atoms with Crippen molar-refractivity contribution < 1.29 is 24.0 Å². The van der Waals surface area contributed by atoms with Gasteiger partial charge in [0.05, 0.1) is 19.9 Å². The predicted octanol–water partition coefficient (Wildman–Crippen LogP) is 3.19. The summed E-state index contributed by atoms with van der Waals surface area (Å²) in [6, 6.07) is 11.2. The molecular formula is C24H28N4O6. The fourth-order valence-corrected chi connectivity index (χ4v) is 3.70. The molecule has 1 heterocycles. The van der Waals surface area contributed by atoms with Crippen LogP contribution in [-0.2, 0) is 0 Å². The van der Waals surface area contributed by atoms with Gasteiger partial charge < -0.3 is 25.4 Å². The van der Waals surface area contributed by atoms with Crippen molar-refractivity contribution in [2.24, 2.45) is 0 Å². The maximum Gasteiger partial charge on any atom is 0.319 e. The molecule has 0 unspecified atom stereocenters. The Hall–Kier alpha value is -4.08. The molecule has 0 spiro atoms. The van der Waals surface area contributed by atoms with Gasteiger partial charge >= 0.3 is 6.03 Å². The SMILES string of the molecule is COc1ccc(C(=O)NCCCC/C=C2\NC(=O)N[C@@H](c3ccc(OC)cc3)[C@@H]2[N+](=O)[O-])cc1. The lowest BCUT2D eigenvalue weighted by molar-refractivity contribution is -0.518. The maximum absolute atomic E-state index is 12.2. The van der Waals surface area contributed by atoms with E-state index in [2.05, 4.69) is 16.0 Å². The van der Waals surface area contributed by atoms with E-state index in [-0.39, 0.29) is 11.6 Å². The number of urea groups is 1. The molecular weight excluding hydrogens is 440 g/mol. The van der Waals surface area contributed by atoms with E-state index in [1.165, 1.54) is 7.11 Å². The second kappa shape index (κ2) is 11.7. The van der Waals surface area contributed by atoms with Crippen LogP contribution < -0.4 is 25.4 Å². The number of nitrogens with one attached hydrogen (secondary N) is 3. The molecule has 1 fully saturated rings. The van der Waals surface area contributed by atoms with Crippen LogP contribution >= 0.6 is 0 Å². The van der Waals surface area contributed by atoms with Gasteiger partial charge in [0, 0.05) is 17.0 Å². The van der Waals surface area contributed by atoms with E-state index >= 15 is 0 Å². The first-order chi connectivity index (χ1) is 16.4. The van der Waals surface area contributed by atoms with Gasteiger partial charge in [-0.1, -0.05) is 18.2 Å². The lowest BCUT2D eigenvalue weighted by Crippen LogP contribution is -2.54. The number of unbranched alkanes of at least 4 members (excludes halogenated alkanes) is 2. The van der Waals surface area contributed by atoms with Crippen molar-refractivity contribution in [3.8, 4) is 11.5 Å². The number of carbonyl (C=O) groups is 2. The van der Waals surface area contributed by atoms with Crippen LogP contribution in [0.15, 0.2) is 60.3 Å². The third-order valence-electron chi connectivity index (χ3n) is 5.51. The van der Waals surface area contributed by atoms with E-state index in [4.69, 9.17) is 9.47 Å². The van der Waals surface area contributed by atoms with Crippen LogP contribution in [-0.4, -0.2) is 43.7 Å². The highest BCUT2D eigenvalue weighted by molar-refractivity contribution is 5.94. The second-order valence-electron chi connectivity index (χ2n) is 7.72. The summed E-state index contributed by atoms with van der Waals surface area (Å²) in [7, 11) is 3.10. The number of hydrogen-bond acceptors (Lipinski definition) is 6. The molecule has 3 N–H and O–H groups in total. The standard InChI is InChI=1S/C24H28N4O6/c1-33-18-11-7-16(8-12-18)21-22(28(31)32)20(26-24(30)27-21)6-4-3-5-15-25-23(29)17-9-13-19(34-2)14-10-17/h6-14,21-22H,3-5,15H2,1-2H3,(H,25,29)(H2,26,27,30)/b20-6-/t21-,22+/m0/s1. The predicted molar refractivity (Wildman–Crippen MR) is 125 cm³/mol. The number of benzene rings is 2. The Balaban J connectivity index is 1.55. The highest BCUT2D eigenvalue weighted by Crippen LogP contribution is 2.28. The summed E-state index contributed by atoms with van der Waals surface area (Å²) in [6.45, 7) is 0.467. The molecule has 34 heavy (non-hydrogen) atoms. The van der Waals surface area contributed by atoms with E-state index in [1.54, 1.807) is 61.7 Å². The summed E-state index contributed by atoms with van der Waals surface area (Å²) in [5, 5.41) is 19.9. The van der Waals surface area contributed by atoms with Crippen LogP contribution in [0.25, 0.3) is 0 Å². The molecule has 0 aliphatic carbocycles. The maximum atomic E-state index is 12.2. The summed E-state index contributed by atoms with van der Waals surface area (Å²) >= 11 is 0. The smallest absolute Gasteiger partial charge is 0.319 e. The molecule has 3 rings (SSSR count). The number of rotatable bonds is 10. The minimum absolute atomic E-state index is 0.178. The average molecular weight is 469 g/mol. The number of nitrogens with zero attached hydrogens (tertiary/aromatic N) is 1. The fraction of sp³-hybridized carbons (Fsp3) is 0.333. The zero-order valence-electron chi connectivity index (χ0n) is 19.1. The van der Waals surface area contributed by atoms with Gasteiger partial charge in [-0.25, -0.2) is 4.79 Å². The highest BCUT2D eigenvalue weighted by atomic mass is 16.6. The van der Waals surface area contributed by atoms with Crippen molar-refractivity contribution in [1.29, 1.82) is 0 Å². The molecule has 0 saturated carbocycles. The van der Waals surface area contributed by atoms with Crippen molar-refractivity contribution in [2.45, 2.75) is 31.3 Å². The molecule has 10 heteroatoms. The van der Waals surface area contributed by atoms with Crippen LogP contribution in [0.1, 0.15) is 41.2 Å². The molecule has 1 aliphatic heterocycles. The molecule has 0 aromatic heterocycles. The Kier molecular flexibility index (Phi) is 8.44. The first-order valence-electron chi connectivity index (χ1n) is 10.9. The molecule has 180 valence electrons. The van der Waals surface area contributed by atoms with E-state index in [9.17, 15) is 19.7 Å². The van der Waals surface area contributed by atoms with E-state index in [0.717, 1.165) is 0 Å². The third-order valence-corrected chi connectivity index (χ3v) is 5.51. The lowest BCUT2D eigenvalue weighted by Gasteiger charge is -2.29. The topological polar surface area (TPSA) is 132 Å². The molecule has 10 nitrogen and oxygen atoms in total. The molecule has 1 saturated heterocycles. The lowest BCUT2D eigenvalue weighted by atomic mass is 9.94. The summed E-state index contributed by atoms with van der Waals surface area (Å²) in [5.74, 6) is 1.12. The van der Waals surface area contributed by atoms with E-state index in [0.29, 0.717) is 48.4 Å². The second-order valence-corrected chi connectivity index (χ2v) is 7.72. The third kappa shape index (κ3) is 6.25. The zero-order chi connectivity index (χ0) is 24.5. The largest absolute Gasteiger partial charge is 0.497 e. The zero-order valence-corrected chi connectivity index (χ0v) is 19.1. The van der Waals surface area contributed by atoms with E-state index < -0.39 is 23.0 Å². The number of amides is 3. The van der Waals surface area contributed by atoms with Gasteiger partial charge in [-0.05, 0) is 61.2 Å². The van der Waals surface area contributed by atoms with Crippen molar-refractivity contribution in [2.75, 3.05) is 20.8 Å². The van der Waals surface area contributed by atoms with Gasteiger partial charge in [-0.2, -0.15) is 0 Å². The molecule has 1 aliphatic rings. The molecule has 0 radical (unpaired) electrons. The van der Waals surface area contributed by atoms with Gasteiger partial charge in [0.15, 0.2) is 0 Å². The minimum atomic E-state index is -1.14. The molecule has 0 bridgehead atoms. The number of allylic oxidation sites excluding steroid dienone is 1. The van der Waals surface area contributed by atoms with Crippen LogP contribution in [0.5, 0.6) is 11.5 Å². The summed E-state index contributed by atoms with van der Waals surface area (Å²) in [5.41, 5.74) is 1.42. The summed E-state index contributed by atoms with van der Waals surface area (Å²) in [6.07, 6.45) is 3.58. The first-order valence-corrected chi connectivity index (χ1v) is 10.9. The van der Waals surface area contributed by atoms with Crippen molar-refractivity contribution in [3.63, 3.8) is 0 Å². The Morgan fingerprint density at radius 1 is 1.06 bits per heavy atom. The molecule has 3 amide bonds. The summed E-state index contributed by atoms with van der Waals surface area (Å²) in [4.78, 5) is 35.8. The number of carbonyl (C=O) groups excluding carboxylic acids is 2. The minimum Gasteiger partial charge on any atom is -0.497 e. The normalized spacial score (nSPS) is 18.5. The Morgan fingerprint density at radius 3 is 2.26 bits per heavy atom. The van der Waals surface area contributed by atoms with Crippen molar-refractivity contribution >= 4 is 11.9 Å². The van der Waals surface area contributed by atoms with Crippen LogP contribution in [0.4, 0.5) is 4.79 Å². The Morgan fingerprint density at radius 2 is 1.68 bits per heavy atom. The van der Waals surface area contributed by atoms with Crippen LogP contribution in [0, 0.1) is 10.1 Å². The number of methoxy groups -OCH3 is 2. The van der Waals surface area contributed by atoms with E-state index in [1.807, 2.05) is 0 Å².